The fourth-order valence-corrected chi connectivity index (χ4v) is 4.43. The molecule has 4 rings (SSSR count). The van der Waals surface area contributed by atoms with Crippen LogP contribution in [0.1, 0.15) is 38.8 Å². The molecule has 1 atom stereocenters. The van der Waals surface area contributed by atoms with E-state index in [1.165, 1.54) is 34.9 Å². The van der Waals surface area contributed by atoms with Gasteiger partial charge in [-0.05, 0) is 61.2 Å². The van der Waals surface area contributed by atoms with E-state index in [9.17, 15) is 9.59 Å². The zero-order valence-corrected chi connectivity index (χ0v) is 23.1. The van der Waals surface area contributed by atoms with Gasteiger partial charge in [0.2, 0.25) is 11.8 Å². The van der Waals surface area contributed by atoms with Crippen molar-refractivity contribution in [1.29, 1.82) is 0 Å². The van der Waals surface area contributed by atoms with Crippen molar-refractivity contribution >= 4 is 28.5 Å². The lowest BCUT2D eigenvalue weighted by atomic mass is 10.0. The molecule has 210 valence electrons. The Kier molecular flexibility index (Phi) is 9.31. The van der Waals surface area contributed by atoms with Crippen molar-refractivity contribution in [3.8, 4) is 11.5 Å². The summed E-state index contributed by atoms with van der Waals surface area (Å²) in [6.45, 7) is 6.51. The van der Waals surface area contributed by atoms with E-state index in [4.69, 9.17) is 9.47 Å². The summed E-state index contributed by atoms with van der Waals surface area (Å²) >= 11 is 0. The highest BCUT2D eigenvalue weighted by atomic mass is 19.1. The fourth-order valence-electron chi connectivity index (χ4n) is 4.43. The Labute approximate surface area is 232 Å². The summed E-state index contributed by atoms with van der Waals surface area (Å²) in [6, 6.07) is 16.9. The summed E-state index contributed by atoms with van der Waals surface area (Å²) in [5.74, 6) is -0.399. The molecular weight excluding hydrogens is 513 g/mol. The second-order valence-electron chi connectivity index (χ2n) is 9.67. The highest BCUT2D eigenvalue weighted by Crippen LogP contribution is 2.35. The summed E-state index contributed by atoms with van der Waals surface area (Å²) in [5.41, 5.74) is 1.66. The molecule has 3 aromatic carbocycles. The van der Waals surface area contributed by atoms with Crippen LogP contribution in [0, 0.1) is 11.7 Å². The van der Waals surface area contributed by atoms with Gasteiger partial charge < -0.3 is 14.8 Å². The largest absolute Gasteiger partial charge is 0.493 e. The first-order chi connectivity index (χ1) is 19.3. The molecule has 1 aromatic heterocycles. The zero-order chi connectivity index (χ0) is 28.6. The van der Waals surface area contributed by atoms with Crippen LogP contribution in [0.15, 0.2) is 66.7 Å². The number of carbonyl (C=O) groups excluding carboxylic acids is 2. The van der Waals surface area contributed by atoms with Crippen molar-refractivity contribution in [2.24, 2.45) is 5.92 Å². The first-order valence-electron chi connectivity index (χ1n) is 13.3. The maximum atomic E-state index is 15.3. The van der Waals surface area contributed by atoms with Gasteiger partial charge in [0.15, 0.2) is 11.5 Å². The number of benzene rings is 3. The maximum Gasteiger partial charge on any atom is 0.249 e. The average molecular weight is 548 g/mol. The van der Waals surface area contributed by atoms with Crippen LogP contribution in [-0.4, -0.2) is 47.1 Å². The predicted octanol–water partition coefficient (Wildman–Crippen LogP) is 4.91. The molecule has 0 aliphatic carbocycles. The SMILES string of the molecule is CCOc1ccc([C@H](C(=O)NCCC(C)C)N(C(=O)Cn2nnc3ccccc32)c2ccccc2F)cc1OC. The maximum absolute atomic E-state index is 15.3. The number of nitrogens with one attached hydrogen (secondary N) is 1. The van der Waals surface area contributed by atoms with Gasteiger partial charge in [-0.1, -0.05) is 49.4 Å². The van der Waals surface area contributed by atoms with Gasteiger partial charge in [0.05, 0.1) is 24.9 Å². The van der Waals surface area contributed by atoms with Crippen molar-refractivity contribution in [3.63, 3.8) is 0 Å². The normalized spacial score (nSPS) is 11.8. The van der Waals surface area contributed by atoms with Gasteiger partial charge in [0, 0.05) is 6.54 Å². The molecule has 0 saturated heterocycles. The number of hydrogen-bond acceptors (Lipinski definition) is 6. The number of hydrogen-bond donors (Lipinski definition) is 1. The third kappa shape index (κ3) is 6.39. The van der Waals surface area contributed by atoms with Gasteiger partial charge in [-0.2, -0.15) is 0 Å². The van der Waals surface area contributed by atoms with E-state index in [2.05, 4.69) is 29.5 Å². The molecule has 0 radical (unpaired) electrons. The number of anilines is 1. The zero-order valence-electron chi connectivity index (χ0n) is 23.1. The van der Waals surface area contributed by atoms with Crippen LogP contribution in [0.25, 0.3) is 11.0 Å². The monoisotopic (exact) mass is 547 g/mol. The molecule has 0 fully saturated rings. The predicted molar refractivity (Wildman–Crippen MR) is 151 cm³/mol. The molecule has 4 aromatic rings. The van der Waals surface area contributed by atoms with Crippen molar-refractivity contribution in [2.45, 2.75) is 39.8 Å². The quantitative estimate of drug-likeness (QED) is 0.271. The molecular formula is C30H34FN5O4. The second kappa shape index (κ2) is 13.1. The third-order valence-electron chi connectivity index (χ3n) is 6.42. The van der Waals surface area contributed by atoms with Gasteiger partial charge in [-0.15, -0.1) is 5.10 Å². The molecule has 9 nitrogen and oxygen atoms in total. The van der Waals surface area contributed by atoms with Crippen LogP contribution >= 0.6 is 0 Å². The first kappa shape index (κ1) is 28.5. The third-order valence-corrected chi connectivity index (χ3v) is 6.42. The Hall–Kier alpha value is -4.47. The van der Waals surface area contributed by atoms with Gasteiger partial charge in [-0.25, -0.2) is 9.07 Å². The minimum absolute atomic E-state index is 0.0335. The van der Waals surface area contributed by atoms with E-state index in [0.29, 0.717) is 47.2 Å². The van der Waals surface area contributed by atoms with Gasteiger partial charge in [0.1, 0.15) is 23.9 Å². The van der Waals surface area contributed by atoms with Crippen LogP contribution in [0.2, 0.25) is 0 Å². The Morgan fingerprint density at radius 1 is 1.05 bits per heavy atom. The standard InChI is InChI=1S/C30H34FN5O4/c1-5-40-26-15-14-21(18-27(26)39-4)29(30(38)32-17-16-20(2)3)36(24-12-8-6-10-22(24)31)28(37)19-35-25-13-9-7-11-23(25)33-34-35/h6-15,18,20,29H,5,16-17,19H2,1-4H3,(H,32,38)/t29-/m1/s1. The molecule has 10 heteroatoms. The Balaban J connectivity index is 1.82. The van der Waals surface area contributed by atoms with E-state index in [-0.39, 0.29) is 12.2 Å². The number of ether oxygens (including phenoxy) is 2. The number of para-hydroxylation sites is 2. The van der Waals surface area contributed by atoms with Crippen molar-refractivity contribution in [2.75, 3.05) is 25.2 Å². The summed E-state index contributed by atoms with van der Waals surface area (Å²) in [7, 11) is 1.49. The van der Waals surface area contributed by atoms with E-state index in [1.807, 2.05) is 19.1 Å². The summed E-state index contributed by atoms with van der Waals surface area (Å²) in [6.07, 6.45) is 0.740. The van der Waals surface area contributed by atoms with Crippen LogP contribution in [0.5, 0.6) is 11.5 Å². The Morgan fingerprint density at radius 3 is 2.52 bits per heavy atom. The number of carbonyl (C=O) groups is 2. The minimum atomic E-state index is -1.21. The minimum Gasteiger partial charge on any atom is -0.493 e. The molecule has 40 heavy (non-hydrogen) atoms. The van der Waals surface area contributed by atoms with Crippen molar-refractivity contribution < 1.29 is 23.5 Å². The molecule has 0 aliphatic heterocycles. The summed E-state index contributed by atoms with van der Waals surface area (Å²) < 4.78 is 28.0. The molecule has 1 N–H and O–H groups in total. The fraction of sp³-hybridized carbons (Fsp3) is 0.333. The molecule has 0 aliphatic rings. The van der Waals surface area contributed by atoms with Crippen LogP contribution < -0.4 is 19.7 Å². The summed E-state index contributed by atoms with van der Waals surface area (Å²) in [5, 5.41) is 11.2. The topological polar surface area (TPSA) is 98.6 Å². The smallest absolute Gasteiger partial charge is 0.249 e. The Bertz CT molecular complexity index is 1470. The Morgan fingerprint density at radius 2 is 1.80 bits per heavy atom. The number of nitrogens with zero attached hydrogens (tertiary/aromatic N) is 4. The molecule has 0 spiro atoms. The molecule has 0 unspecified atom stereocenters. The molecule has 0 saturated carbocycles. The molecule has 0 bridgehead atoms. The molecule has 1 heterocycles. The number of aromatic nitrogens is 3. The lowest BCUT2D eigenvalue weighted by molar-refractivity contribution is -0.127. The van der Waals surface area contributed by atoms with Crippen molar-refractivity contribution in [3.05, 3.63) is 78.1 Å². The summed E-state index contributed by atoms with van der Waals surface area (Å²) in [4.78, 5) is 29.1. The second-order valence-corrected chi connectivity index (χ2v) is 9.67. The lowest BCUT2D eigenvalue weighted by Gasteiger charge is -2.32. The van der Waals surface area contributed by atoms with Gasteiger partial charge in [0.25, 0.3) is 0 Å². The first-order valence-corrected chi connectivity index (χ1v) is 13.3. The number of amides is 2. The average Bonchev–Trinajstić information content (AvgIpc) is 3.35. The van der Waals surface area contributed by atoms with Crippen LogP contribution in [-0.2, 0) is 16.1 Å². The number of rotatable bonds is 12. The van der Waals surface area contributed by atoms with E-state index in [0.717, 1.165) is 6.42 Å². The number of fused-ring (bicyclic) bond motifs is 1. The number of methoxy groups -OCH3 is 1. The van der Waals surface area contributed by atoms with Crippen LogP contribution in [0.3, 0.4) is 0 Å². The van der Waals surface area contributed by atoms with Crippen molar-refractivity contribution in [1.82, 2.24) is 20.3 Å². The molecule has 2 amide bonds. The number of halogens is 1. The van der Waals surface area contributed by atoms with E-state index >= 15 is 4.39 Å². The van der Waals surface area contributed by atoms with Gasteiger partial charge >= 0.3 is 0 Å². The highest BCUT2D eigenvalue weighted by molar-refractivity contribution is 6.01. The van der Waals surface area contributed by atoms with Crippen LogP contribution in [0.4, 0.5) is 10.1 Å². The highest BCUT2D eigenvalue weighted by Gasteiger charge is 2.35. The van der Waals surface area contributed by atoms with E-state index in [1.54, 1.807) is 36.4 Å². The van der Waals surface area contributed by atoms with E-state index < -0.39 is 23.7 Å². The van der Waals surface area contributed by atoms with Gasteiger partial charge in [-0.3, -0.25) is 14.5 Å². The lowest BCUT2D eigenvalue weighted by Crippen LogP contribution is -2.46.